The van der Waals surface area contributed by atoms with Crippen LogP contribution in [0.5, 0.6) is 0 Å². The molecular formula is C11H17N2. The second-order valence-corrected chi connectivity index (χ2v) is 4.35. The molecule has 0 aromatic carbocycles. The smallest absolute Gasteiger partial charge is 0.134 e. The number of nitrogens with zero attached hydrogens (tertiary/aromatic N) is 2. The van der Waals surface area contributed by atoms with Gasteiger partial charge in [-0.15, -0.1) is 0 Å². The highest BCUT2D eigenvalue weighted by Gasteiger charge is 2.32. The summed E-state index contributed by atoms with van der Waals surface area (Å²) in [5.41, 5.74) is 0.264. The van der Waals surface area contributed by atoms with Crippen molar-refractivity contribution in [3.8, 4) is 0 Å². The van der Waals surface area contributed by atoms with Gasteiger partial charge in [0.05, 0.1) is 0 Å². The first-order valence-electron chi connectivity index (χ1n) is 5.25. The van der Waals surface area contributed by atoms with Crippen molar-refractivity contribution in [1.29, 1.82) is 0 Å². The van der Waals surface area contributed by atoms with Gasteiger partial charge in [0.25, 0.3) is 0 Å². The van der Waals surface area contributed by atoms with E-state index in [1.807, 2.05) is 12.4 Å². The van der Waals surface area contributed by atoms with E-state index in [9.17, 15) is 0 Å². The van der Waals surface area contributed by atoms with Crippen LogP contribution in [0.15, 0.2) is 17.4 Å². The monoisotopic (exact) mass is 177 g/mol. The van der Waals surface area contributed by atoms with Gasteiger partial charge in [-0.05, 0) is 12.8 Å². The molecule has 1 heterocycles. The maximum absolute atomic E-state index is 4.34. The summed E-state index contributed by atoms with van der Waals surface area (Å²) in [6, 6.07) is 0. The molecule has 0 saturated heterocycles. The van der Waals surface area contributed by atoms with Crippen molar-refractivity contribution in [2.24, 2.45) is 10.4 Å². The molecule has 0 atom stereocenters. The van der Waals surface area contributed by atoms with Gasteiger partial charge in [0.1, 0.15) is 5.84 Å². The Labute approximate surface area is 80.1 Å². The molecular weight excluding hydrogens is 160 g/mol. The molecule has 1 saturated carbocycles. The molecule has 0 N–H and O–H groups in total. The van der Waals surface area contributed by atoms with Crippen molar-refractivity contribution in [2.45, 2.75) is 45.4 Å². The average molecular weight is 177 g/mol. The Kier molecular flexibility index (Phi) is 2.38. The summed E-state index contributed by atoms with van der Waals surface area (Å²) in [6.45, 7) is 2.31. The van der Waals surface area contributed by atoms with E-state index in [2.05, 4.69) is 17.2 Å². The van der Waals surface area contributed by atoms with Gasteiger partial charge in [-0.3, -0.25) is 0 Å². The minimum atomic E-state index is 0.264. The average Bonchev–Trinajstić information content (AvgIpc) is 2.57. The number of amidine groups is 1. The fourth-order valence-electron chi connectivity index (χ4n) is 2.29. The van der Waals surface area contributed by atoms with Crippen LogP contribution >= 0.6 is 0 Å². The van der Waals surface area contributed by atoms with Gasteiger partial charge in [-0.2, -0.15) is 0 Å². The lowest BCUT2D eigenvalue weighted by molar-refractivity contribution is 0.395. The van der Waals surface area contributed by atoms with Gasteiger partial charge in [-0.1, -0.05) is 32.6 Å². The lowest BCUT2D eigenvalue weighted by atomic mass is 9.81. The summed E-state index contributed by atoms with van der Waals surface area (Å²) >= 11 is 0. The number of aliphatic imine (C=N–C) groups is 1. The van der Waals surface area contributed by atoms with Crippen molar-refractivity contribution in [3.05, 3.63) is 12.4 Å². The molecule has 1 radical (unpaired) electrons. The number of hydrogen-bond acceptors (Lipinski definition) is 1. The van der Waals surface area contributed by atoms with E-state index in [4.69, 9.17) is 0 Å². The fraction of sp³-hybridized carbons (Fsp3) is 0.727. The van der Waals surface area contributed by atoms with E-state index >= 15 is 0 Å². The maximum Gasteiger partial charge on any atom is 0.134 e. The predicted octanol–water partition coefficient (Wildman–Crippen LogP) is 2.83. The lowest BCUT2D eigenvalue weighted by Gasteiger charge is -2.26. The second-order valence-electron chi connectivity index (χ2n) is 4.35. The van der Waals surface area contributed by atoms with E-state index in [1.54, 1.807) is 0 Å². The third-order valence-corrected chi connectivity index (χ3v) is 3.21. The zero-order chi connectivity index (χ0) is 9.15. The Hall–Kier alpha value is -0.790. The summed E-state index contributed by atoms with van der Waals surface area (Å²) in [4.78, 5) is 4.34. The Morgan fingerprint density at radius 3 is 2.31 bits per heavy atom. The van der Waals surface area contributed by atoms with Crippen LogP contribution in [0.2, 0.25) is 0 Å². The molecule has 1 aliphatic heterocycles. The normalized spacial score (nSPS) is 26.4. The summed E-state index contributed by atoms with van der Waals surface area (Å²) in [5, 5.41) is 4.34. The van der Waals surface area contributed by atoms with Gasteiger partial charge in [0.15, 0.2) is 0 Å². The quantitative estimate of drug-likeness (QED) is 0.551. The molecule has 1 aliphatic carbocycles. The van der Waals surface area contributed by atoms with Crippen molar-refractivity contribution in [3.63, 3.8) is 0 Å². The van der Waals surface area contributed by atoms with E-state index in [1.165, 1.54) is 38.5 Å². The number of hydrogen-bond donors (Lipinski definition) is 0. The van der Waals surface area contributed by atoms with E-state index in [0.717, 1.165) is 5.84 Å². The molecule has 0 bridgehead atoms. The lowest BCUT2D eigenvalue weighted by Crippen LogP contribution is -2.31. The molecule has 2 heteroatoms. The first-order valence-corrected chi connectivity index (χ1v) is 5.25. The maximum atomic E-state index is 4.34. The molecule has 2 nitrogen and oxygen atoms in total. The topological polar surface area (TPSA) is 26.5 Å². The largest absolute Gasteiger partial charge is 0.239 e. The summed E-state index contributed by atoms with van der Waals surface area (Å²) in [6.07, 6.45) is 11.6. The van der Waals surface area contributed by atoms with Crippen LogP contribution in [-0.4, -0.2) is 5.84 Å². The van der Waals surface area contributed by atoms with Crippen LogP contribution in [0.4, 0.5) is 0 Å². The predicted molar refractivity (Wildman–Crippen MR) is 54.5 cm³/mol. The molecule has 2 rings (SSSR count). The molecule has 0 unspecified atom stereocenters. The van der Waals surface area contributed by atoms with Crippen molar-refractivity contribution in [1.82, 2.24) is 5.32 Å². The van der Waals surface area contributed by atoms with E-state index in [-0.39, 0.29) is 5.41 Å². The summed E-state index contributed by atoms with van der Waals surface area (Å²) in [5.74, 6) is 1.06. The number of rotatable bonds is 1. The second kappa shape index (κ2) is 3.52. The molecule has 13 heavy (non-hydrogen) atoms. The molecule has 0 spiro atoms. The highest BCUT2D eigenvalue weighted by atomic mass is 15.0. The Bertz CT molecular complexity index is 232. The van der Waals surface area contributed by atoms with Crippen molar-refractivity contribution < 1.29 is 0 Å². The highest BCUT2D eigenvalue weighted by Crippen LogP contribution is 2.36. The van der Waals surface area contributed by atoms with Gasteiger partial charge in [-0.25, -0.2) is 10.3 Å². The highest BCUT2D eigenvalue weighted by molar-refractivity contribution is 5.90. The van der Waals surface area contributed by atoms with Crippen molar-refractivity contribution in [2.75, 3.05) is 0 Å². The fourth-order valence-corrected chi connectivity index (χ4v) is 2.29. The molecule has 1 fully saturated rings. The Morgan fingerprint density at radius 1 is 1.08 bits per heavy atom. The van der Waals surface area contributed by atoms with Gasteiger partial charge < -0.3 is 0 Å². The standard InChI is InChI=1S/C11H17N2/c1-11(10-12-8-9-13-10)6-4-2-3-5-7-11/h8-9H,2-7H2,1H3. The summed E-state index contributed by atoms with van der Waals surface area (Å²) < 4.78 is 0. The van der Waals surface area contributed by atoms with Crippen LogP contribution in [-0.2, 0) is 0 Å². The van der Waals surface area contributed by atoms with E-state index in [0.29, 0.717) is 0 Å². The third kappa shape index (κ3) is 1.77. The third-order valence-electron chi connectivity index (χ3n) is 3.21. The minimum absolute atomic E-state index is 0.264. The Morgan fingerprint density at radius 2 is 1.77 bits per heavy atom. The van der Waals surface area contributed by atoms with Gasteiger partial charge in [0, 0.05) is 17.8 Å². The Balaban J connectivity index is 2.08. The van der Waals surface area contributed by atoms with E-state index < -0.39 is 0 Å². The summed E-state index contributed by atoms with van der Waals surface area (Å²) in [7, 11) is 0. The van der Waals surface area contributed by atoms with Crippen LogP contribution < -0.4 is 5.32 Å². The van der Waals surface area contributed by atoms with Crippen LogP contribution in [0.25, 0.3) is 0 Å². The van der Waals surface area contributed by atoms with Crippen LogP contribution in [0, 0.1) is 5.41 Å². The van der Waals surface area contributed by atoms with Gasteiger partial charge in [0.2, 0.25) is 0 Å². The molecule has 0 aromatic heterocycles. The zero-order valence-electron chi connectivity index (χ0n) is 8.29. The molecule has 2 aliphatic rings. The SMILES string of the molecule is CC1(C2=NC=C[N]2)CCCCCC1. The first kappa shape index (κ1) is 8.79. The minimum Gasteiger partial charge on any atom is -0.239 e. The molecule has 0 amide bonds. The van der Waals surface area contributed by atoms with Crippen molar-refractivity contribution >= 4 is 5.84 Å². The molecule has 71 valence electrons. The zero-order valence-corrected chi connectivity index (χ0v) is 8.29. The van der Waals surface area contributed by atoms with Gasteiger partial charge >= 0.3 is 0 Å². The van der Waals surface area contributed by atoms with Crippen LogP contribution in [0.3, 0.4) is 0 Å². The van der Waals surface area contributed by atoms with Crippen LogP contribution in [0.1, 0.15) is 45.4 Å². The molecule has 0 aromatic rings. The first-order chi connectivity index (χ1) is 6.31.